The molecule has 5 heteroatoms. The minimum absolute atomic E-state index is 0.717. The Morgan fingerprint density at radius 3 is 2.80 bits per heavy atom. The molecule has 0 aliphatic rings. The smallest absolute Gasteiger partial charge is 0.125 e. The predicted octanol–water partition coefficient (Wildman–Crippen LogP) is 2.17. The number of aryl methyl sites for hydroxylation is 2. The summed E-state index contributed by atoms with van der Waals surface area (Å²) in [4.78, 5) is 0. The number of rotatable bonds is 2. The number of aliphatic hydroxyl groups is 1. The van der Waals surface area contributed by atoms with Crippen molar-refractivity contribution in [1.82, 2.24) is 9.78 Å². The Kier molecular flexibility index (Phi) is 2.67. The van der Waals surface area contributed by atoms with Crippen LogP contribution in [0, 0.1) is 6.92 Å². The second kappa shape index (κ2) is 3.83. The molecule has 2 rings (SSSR count). The Labute approximate surface area is 95.6 Å². The number of hydrogen-bond donors (Lipinski definition) is 1. The third-order valence-corrected chi connectivity index (χ3v) is 3.00. The lowest BCUT2D eigenvalue weighted by Gasteiger charge is -2.10. The average Bonchev–Trinajstić information content (AvgIpc) is 2.73. The summed E-state index contributed by atoms with van der Waals surface area (Å²) < 4.78 is 7.59. The van der Waals surface area contributed by atoms with E-state index in [2.05, 4.69) is 21.0 Å². The highest BCUT2D eigenvalue weighted by atomic mass is 79.9. The van der Waals surface area contributed by atoms with Gasteiger partial charge < -0.3 is 9.52 Å². The first-order valence-corrected chi connectivity index (χ1v) is 5.30. The summed E-state index contributed by atoms with van der Waals surface area (Å²) in [6.07, 6.45) is 2.51. The topological polar surface area (TPSA) is 51.2 Å². The van der Waals surface area contributed by atoms with Crippen LogP contribution in [0.3, 0.4) is 0 Å². The van der Waals surface area contributed by atoms with E-state index in [1.165, 1.54) is 0 Å². The standard InChI is InChI=1S/C10H11BrN2O2/c1-6-7(3-4-15-6)10(14)9-8(11)5-12-13(9)2/h3-5,10,14H,1-2H3. The van der Waals surface area contributed by atoms with Crippen LogP contribution in [0.4, 0.5) is 0 Å². The van der Waals surface area contributed by atoms with Crippen molar-refractivity contribution in [2.75, 3.05) is 0 Å². The van der Waals surface area contributed by atoms with E-state index < -0.39 is 6.10 Å². The molecule has 1 unspecified atom stereocenters. The molecule has 0 aromatic carbocycles. The van der Waals surface area contributed by atoms with Gasteiger partial charge in [0.1, 0.15) is 11.9 Å². The molecular weight excluding hydrogens is 260 g/mol. The van der Waals surface area contributed by atoms with Crippen LogP contribution in [0.1, 0.15) is 23.1 Å². The Hall–Kier alpha value is -1.07. The van der Waals surface area contributed by atoms with Crippen molar-refractivity contribution < 1.29 is 9.52 Å². The van der Waals surface area contributed by atoms with Gasteiger partial charge in [-0.25, -0.2) is 0 Å². The van der Waals surface area contributed by atoms with Gasteiger partial charge in [0.2, 0.25) is 0 Å². The van der Waals surface area contributed by atoms with Gasteiger partial charge in [0, 0.05) is 12.6 Å². The molecule has 0 aliphatic heterocycles. The maximum Gasteiger partial charge on any atom is 0.125 e. The van der Waals surface area contributed by atoms with E-state index in [-0.39, 0.29) is 0 Å². The first-order chi connectivity index (χ1) is 7.11. The molecule has 0 aliphatic carbocycles. The lowest BCUT2D eigenvalue weighted by molar-refractivity contribution is 0.206. The Morgan fingerprint density at radius 1 is 1.60 bits per heavy atom. The van der Waals surface area contributed by atoms with Gasteiger partial charge in [-0.05, 0) is 28.9 Å². The van der Waals surface area contributed by atoms with Crippen LogP contribution in [0.2, 0.25) is 0 Å². The molecule has 4 nitrogen and oxygen atoms in total. The van der Waals surface area contributed by atoms with Crippen LogP contribution < -0.4 is 0 Å². The average molecular weight is 271 g/mol. The number of hydrogen-bond acceptors (Lipinski definition) is 3. The lowest BCUT2D eigenvalue weighted by Crippen LogP contribution is -2.07. The van der Waals surface area contributed by atoms with Gasteiger partial charge in [0.05, 0.1) is 22.6 Å². The first kappa shape index (κ1) is 10.4. The fourth-order valence-corrected chi connectivity index (χ4v) is 2.12. The minimum Gasteiger partial charge on any atom is -0.469 e. The second-order valence-electron chi connectivity index (χ2n) is 3.34. The van der Waals surface area contributed by atoms with Crippen molar-refractivity contribution in [2.45, 2.75) is 13.0 Å². The maximum absolute atomic E-state index is 10.2. The largest absolute Gasteiger partial charge is 0.469 e. The van der Waals surface area contributed by atoms with Crippen LogP contribution in [0.5, 0.6) is 0 Å². The molecule has 15 heavy (non-hydrogen) atoms. The molecule has 0 fully saturated rings. The third-order valence-electron chi connectivity index (χ3n) is 2.39. The summed E-state index contributed by atoms with van der Waals surface area (Å²) in [5.74, 6) is 0.718. The normalized spacial score (nSPS) is 13.1. The highest BCUT2D eigenvalue weighted by Gasteiger charge is 2.20. The van der Waals surface area contributed by atoms with E-state index in [9.17, 15) is 5.11 Å². The van der Waals surface area contributed by atoms with Gasteiger partial charge in [-0.2, -0.15) is 5.10 Å². The monoisotopic (exact) mass is 270 g/mol. The predicted molar refractivity (Wildman–Crippen MR) is 58.4 cm³/mol. The fourth-order valence-electron chi connectivity index (χ4n) is 1.55. The molecule has 2 heterocycles. The number of aromatic nitrogens is 2. The molecule has 1 atom stereocenters. The van der Waals surface area contributed by atoms with Gasteiger partial charge in [0.15, 0.2) is 0 Å². The van der Waals surface area contributed by atoms with E-state index >= 15 is 0 Å². The summed E-state index contributed by atoms with van der Waals surface area (Å²) in [5.41, 5.74) is 1.49. The minimum atomic E-state index is -0.717. The molecule has 2 aromatic rings. The molecule has 0 spiro atoms. The van der Waals surface area contributed by atoms with Crippen molar-refractivity contribution in [1.29, 1.82) is 0 Å². The van der Waals surface area contributed by atoms with Crippen molar-refractivity contribution in [3.63, 3.8) is 0 Å². The summed E-state index contributed by atoms with van der Waals surface area (Å²) in [6.45, 7) is 1.82. The highest BCUT2D eigenvalue weighted by molar-refractivity contribution is 9.10. The molecule has 0 radical (unpaired) electrons. The van der Waals surface area contributed by atoms with Crippen molar-refractivity contribution in [3.8, 4) is 0 Å². The van der Waals surface area contributed by atoms with E-state index in [1.807, 2.05) is 6.92 Å². The number of furan rings is 1. The van der Waals surface area contributed by atoms with Crippen LogP contribution in [-0.2, 0) is 7.05 Å². The molecule has 0 saturated heterocycles. The summed E-state index contributed by atoms with van der Waals surface area (Å²) in [7, 11) is 1.79. The van der Waals surface area contributed by atoms with Gasteiger partial charge >= 0.3 is 0 Å². The van der Waals surface area contributed by atoms with Gasteiger partial charge in [0.25, 0.3) is 0 Å². The Bertz CT molecular complexity index is 456. The third kappa shape index (κ3) is 1.72. The number of nitrogens with zero attached hydrogens (tertiary/aromatic N) is 2. The zero-order chi connectivity index (χ0) is 11.0. The zero-order valence-corrected chi connectivity index (χ0v) is 10.0. The van der Waals surface area contributed by atoms with E-state index in [1.54, 1.807) is 30.3 Å². The lowest BCUT2D eigenvalue weighted by atomic mass is 10.1. The van der Waals surface area contributed by atoms with E-state index in [0.717, 1.165) is 21.5 Å². The number of aliphatic hydroxyl groups excluding tert-OH is 1. The molecular formula is C10H11BrN2O2. The zero-order valence-electron chi connectivity index (χ0n) is 8.44. The van der Waals surface area contributed by atoms with Crippen LogP contribution in [0.25, 0.3) is 0 Å². The fraction of sp³-hybridized carbons (Fsp3) is 0.300. The van der Waals surface area contributed by atoms with E-state index in [0.29, 0.717) is 0 Å². The molecule has 0 amide bonds. The Morgan fingerprint density at radius 2 is 2.33 bits per heavy atom. The van der Waals surface area contributed by atoms with Crippen LogP contribution in [-0.4, -0.2) is 14.9 Å². The van der Waals surface area contributed by atoms with Crippen molar-refractivity contribution >= 4 is 15.9 Å². The summed E-state index contributed by atoms with van der Waals surface area (Å²) in [5, 5.41) is 14.2. The molecule has 1 N–H and O–H groups in total. The molecule has 0 saturated carbocycles. The molecule has 0 bridgehead atoms. The van der Waals surface area contributed by atoms with Gasteiger partial charge in [-0.3, -0.25) is 4.68 Å². The quantitative estimate of drug-likeness (QED) is 0.910. The van der Waals surface area contributed by atoms with Gasteiger partial charge in [-0.15, -0.1) is 0 Å². The number of halogens is 1. The van der Waals surface area contributed by atoms with Crippen LogP contribution in [0.15, 0.2) is 27.4 Å². The highest BCUT2D eigenvalue weighted by Crippen LogP contribution is 2.29. The Balaban J connectivity index is 2.45. The summed E-state index contributed by atoms with van der Waals surface area (Å²) >= 11 is 3.35. The van der Waals surface area contributed by atoms with Gasteiger partial charge in [-0.1, -0.05) is 0 Å². The summed E-state index contributed by atoms with van der Waals surface area (Å²) in [6, 6.07) is 1.76. The second-order valence-corrected chi connectivity index (χ2v) is 4.19. The van der Waals surface area contributed by atoms with Crippen molar-refractivity contribution in [2.24, 2.45) is 7.05 Å². The van der Waals surface area contributed by atoms with E-state index in [4.69, 9.17) is 4.42 Å². The maximum atomic E-state index is 10.2. The SMILES string of the molecule is Cc1occc1C(O)c1c(Br)cnn1C. The van der Waals surface area contributed by atoms with Crippen molar-refractivity contribution in [3.05, 3.63) is 40.0 Å². The molecule has 80 valence electrons. The van der Waals surface area contributed by atoms with Crippen LogP contribution >= 0.6 is 15.9 Å². The molecule has 2 aromatic heterocycles. The first-order valence-electron chi connectivity index (χ1n) is 4.50.